The van der Waals surface area contributed by atoms with Gasteiger partial charge in [-0.1, -0.05) is 33.1 Å². The number of pyridine rings is 1. The Bertz CT molecular complexity index is 413. The van der Waals surface area contributed by atoms with Crippen LogP contribution in [-0.4, -0.2) is 18.1 Å². The van der Waals surface area contributed by atoms with E-state index in [1.165, 1.54) is 31.2 Å². The van der Waals surface area contributed by atoms with Crippen molar-refractivity contribution in [1.82, 2.24) is 10.3 Å². The standard InChI is InChI=1S/C17H28N2O/c1-13(2)11-18-12-16-9-14(3)19-17(10-16)20-8-7-15-5-4-6-15/h9-10,13,15,18H,4-8,11-12H2,1-3H3. The lowest BCUT2D eigenvalue weighted by molar-refractivity contribution is 0.217. The molecule has 0 atom stereocenters. The Labute approximate surface area is 123 Å². The SMILES string of the molecule is Cc1cc(CNCC(C)C)cc(OCCC2CCC2)n1. The molecule has 1 aromatic heterocycles. The lowest BCUT2D eigenvalue weighted by Crippen LogP contribution is -2.19. The first-order chi connectivity index (χ1) is 9.63. The van der Waals surface area contributed by atoms with Gasteiger partial charge in [-0.3, -0.25) is 0 Å². The Morgan fingerprint density at radius 2 is 2.15 bits per heavy atom. The lowest BCUT2D eigenvalue weighted by Gasteiger charge is -2.24. The summed E-state index contributed by atoms with van der Waals surface area (Å²) in [5.41, 5.74) is 2.30. The maximum Gasteiger partial charge on any atom is 0.213 e. The van der Waals surface area contributed by atoms with Crippen LogP contribution in [0.15, 0.2) is 12.1 Å². The summed E-state index contributed by atoms with van der Waals surface area (Å²) in [6.07, 6.45) is 5.35. The van der Waals surface area contributed by atoms with Gasteiger partial charge < -0.3 is 10.1 Å². The third-order valence-electron chi connectivity index (χ3n) is 3.87. The van der Waals surface area contributed by atoms with Crippen LogP contribution < -0.4 is 10.1 Å². The fourth-order valence-corrected chi connectivity index (χ4v) is 2.50. The second-order valence-electron chi connectivity index (χ2n) is 6.41. The summed E-state index contributed by atoms with van der Waals surface area (Å²) in [6.45, 7) is 9.21. The van der Waals surface area contributed by atoms with Gasteiger partial charge in [0.25, 0.3) is 0 Å². The molecule has 0 radical (unpaired) electrons. The van der Waals surface area contributed by atoms with Crippen molar-refractivity contribution >= 4 is 0 Å². The smallest absolute Gasteiger partial charge is 0.213 e. The number of rotatable bonds is 8. The van der Waals surface area contributed by atoms with Crippen LogP contribution in [0, 0.1) is 18.8 Å². The van der Waals surface area contributed by atoms with E-state index in [9.17, 15) is 0 Å². The third kappa shape index (κ3) is 5.12. The van der Waals surface area contributed by atoms with Gasteiger partial charge in [-0.2, -0.15) is 0 Å². The fraction of sp³-hybridized carbons (Fsp3) is 0.706. The van der Waals surface area contributed by atoms with Crippen molar-refractivity contribution in [3.63, 3.8) is 0 Å². The molecule has 0 amide bonds. The van der Waals surface area contributed by atoms with Gasteiger partial charge in [-0.25, -0.2) is 4.98 Å². The molecule has 0 saturated heterocycles. The predicted octanol–water partition coefficient (Wildman–Crippen LogP) is 3.70. The number of nitrogens with zero attached hydrogens (tertiary/aromatic N) is 1. The molecule has 0 spiro atoms. The number of nitrogens with one attached hydrogen (secondary N) is 1. The normalized spacial score (nSPS) is 15.4. The summed E-state index contributed by atoms with van der Waals surface area (Å²) in [5.74, 6) is 2.36. The zero-order valence-electron chi connectivity index (χ0n) is 13.1. The van der Waals surface area contributed by atoms with Crippen LogP contribution in [-0.2, 0) is 6.54 Å². The summed E-state index contributed by atoms with van der Waals surface area (Å²) in [4.78, 5) is 4.47. The summed E-state index contributed by atoms with van der Waals surface area (Å²) >= 11 is 0. The molecule has 2 rings (SSSR count). The van der Waals surface area contributed by atoms with Gasteiger partial charge in [0.05, 0.1) is 6.61 Å². The van der Waals surface area contributed by atoms with Crippen LogP contribution in [0.25, 0.3) is 0 Å². The zero-order chi connectivity index (χ0) is 14.4. The molecule has 20 heavy (non-hydrogen) atoms. The molecule has 0 unspecified atom stereocenters. The van der Waals surface area contributed by atoms with E-state index < -0.39 is 0 Å². The van der Waals surface area contributed by atoms with Crippen molar-refractivity contribution in [1.29, 1.82) is 0 Å². The minimum Gasteiger partial charge on any atom is -0.478 e. The van der Waals surface area contributed by atoms with Gasteiger partial charge in [0.15, 0.2) is 0 Å². The Morgan fingerprint density at radius 3 is 2.80 bits per heavy atom. The molecule has 3 heteroatoms. The molecular formula is C17H28N2O. The molecule has 0 aromatic carbocycles. The minimum absolute atomic E-state index is 0.677. The Morgan fingerprint density at radius 1 is 1.35 bits per heavy atom. The van der Waals surface area contributed by atoms with Crippen LogP contribution in [0.4, 0.5) is 0 Å². The van der Waals surface area contributed by atoms with E-state index in [1.807, 2.05) is 6.92 Å². The van der Waals surface area contributed by atoms with Gasteiger partial charge in [0, 0.05) is 18.3 Å². The van der Waals surface area contributed by atoms with Gasteiger partial charge >= 0.3 is 0 Å². The van der Waals surface area contributed by atoms with E-state index in [-0.39, 0.29) is 0 Å². The first kappa shape index (κ1) is 15.3. The van der Waals surface area contributed by atoms with Crippen molar-refractivity contribution in [2.45, 2.75) is 53.0 Å². The molecule has 3 nitrogen and oxygen atoms in total. The number of hydrogen-bond acceptors (Lipinski definition) is 3. The van der Waals surface area contributed by atoms with E-state index in [4.69, 9.17) is 4.74 Å². The van der Waals surface area contributed by atoms with E-state index >= 15 is 0 Å². The van der Waals surface area contributed by atoms with E-state index in [0.29, 0.717) is 5.92 Å². The van der Waals surface area contributed by atoms with Crippen LogP contribution in [0.1, 0.15) is 50.8 Å². The highest BCUT2D eigenvalue weighted by Crippen LogP contribution is 2.29. The molecule has 1 N–H and O–H groups in total. The van der Waals surface area contributed by atoms with Crippen molar-refractivity contribution in [3.05, 3.63) is 23.4 Å². The topological polar surface area (TPSA) is 34.1 Å². The zero-order valence-corrected chi connectivity index (χ0v) is 13.1. The number of aryl methyl sites for hydroxylation is 1. The maximum absolute atomic E-state index is 5.82. The highest BCUT2D eigenvalue weighted by Gasteiger charge is 2.17. The van der Waals surface area contributed by atoms with Crippen molar-refractivity contribution in [3.8, 4) is 5.88 Å². The number of hydrogen-bond donors (Lipinski definition) is 1. The molecule has 1 aliphatic rings. The quantitative estimate of drug-likeness (QED) is 0.786. The highest BCUT2D eigenvalue weighted by atomic mass is 16.5. The first-order valence-corrected chi connectivity index (χ1v) is 7.94. The number of ether oxygens (including phenoxy) is 1. The van der Waals surface area contributed by atoms with Crippen LogP contribution in [0.3, 0.4) is 0 Å². The van der Waals surface area contributed by atoms with Crippen LogP contribution in [0.5, 0.6) is 5.88 Å². The molecule has 1 aliphatic carbocycles. The largest absolute Gasteiger partial charge is 0.478 e. The summed E-state index contributed by atoms with van der Waals surface area (Å²) in [6, 6.07) is 4.20. The molecule has 0 bridgehead atoms. The van der Waals surface area contributed by atoms with Crippen molar-refractivity contribution in [2.75, 3.05) is 13.2 Å². The van der Waals surface area contributed by atoms with E-state index in [0.717, 1.165) is 37.2 Å². The van der Waals surface area contributed by atoms with Gasteiger partial charge in [0.2, 0.25) is 5.88 Å². The molecule has 1 heterocycles. The second kappa shape index (κ2) is 7.63. The van der Waals surface area contributed by atoms with E-state index in [1.54, 1.807) is 0 Å². The molecule has 112 valence electrons. The number of aromatic nitrogens is 1. The minimum atomic E-state index is 0.677. The van der Waals surface area contributed by atoms with Crippen molar-refractivity contribution in [2.24, 2.45) is 11.8 Å². The highest BCUT2D eigenvalue weighted by molar-refractivity contribution is 5.24. The lowest BCUT2D eigenvalue weighted by atomic mass is 9.83. The average Bonchev–Trinajstić information content (AvgIpc) is 2.31. The molecule has 1 aromatic rings. The Balaban J connectivity index is 1.80. The first-order valence-electron chi connectivity index (χ1n) is 7.94. The maximum atomic E-state index is 5.82. The Kier molecular flexibility index (Phi) is 5.84. The molecule has 1 saturated carbocycles. The van der Waals surface area contributed by atoms with Gasteiger partial charge in [0.1, 0.15) is 0 Å². The van der Waals surface area contributed by atoms with Gasteiger partial charge in [-0.15, -0.1) is 0 Å². The molecule has 1 fully saturated rings. The fourth-order valence-electron chi connectivity index (χ4n) is 2.50. The third-order valence-corrected chi connectivity index (χ3v) is 3.87. The van der Waals surface area contributed by atoms with Crippen LogP contribution in [0.2, 0.25) is 0 Å². The van der Waals surface area contributed by atoms with Crippen molar-refractivity contribution < 1.29 is 4.74 Å². The van der Waals surface area contributed by atoms with Crippen LogP contribution >= 0.6 is 0 Å². The summed E-state index contributed by atoms with van der Waals surface area (Å²) in [5, 5.41) is 3.46. The molecular weight excluding hydrogens is 248 g/mol. The average molecular weight is 276 g/mol. The molecule has 0 aliphatic heterocycles. The summed E-state index contributed by atoms with van der Waals surface area (Å²) < 4.78 is 5.82. The summed E-state index contributed by atoms with van der Waals surface area (Å²) in [7, 11) is 0. The second-order valence-corrected chi connectivity index (χ2v) is 6.41. The predicted molar refractivity (Wildman–Crippen MR) is 83.0 cm³/mol. The van der Waals surface area contributed by atoms with E-state index in [2.05, 4.69) is 36.3 Å². The van der Waals surface area contributed by atoms with Gasteiger partial charge in [-0.05, 0) is 43.4 Å². The Hall–Kier alpha value is -1.09. The monoisotopic (exact) mass is 276 g/mol.